The normalized spacial score (nSPS) is 10.1. The zero-order chi connectivity index (χ0) is 14.7. The summed E-state index contributed by atoms with van der Waals surface area (Å²) in [6, 6.07) is 7.10. The van der Waals surface area contributed by atoms with Crippen LogP contribution in [0.3, 0.4) is 0 Å². The fourth-order valence-electron chi connectivity index (χ4n) is 1.67. The maximum absolute atomic E-state index is 12.1. The maximum Gasteiger partial charge on any atom is 0.282 e. The number of carbonyl (C=O) groups is 1. The average Bonchev–Trinajstić information content (AvgIpc) is 2.38. The summed E-state index contributed by atoms with van der Waals surface area (Å²) in [5.41, 5.74) is 0.856. The fraction of sp³-hybridized carbons (Fsp3) is 0.0769. The van der Waals surface area contributed by atoms with Crippen LogP contribution in [0, 0.1) is 17.0 Å². The van der Waals surface area contributed by atoms with E-state index in [0.717, 1.165) is 5.69 Å². The SMILES string of the molecule is Cc1cc(NC(=O)c2cc(Cl)ccc2[N+](=O)[O-])ccn1. The molecule has 1 aromatic carbocycles. The minimum Gasteiger partial charge on any atom is -0.322 e. The van der Waals surface area contributed by atoms with Crippen LogP contribution >= 0.6 is 11.6 Å². The van der Waals surface area contributed by atoms with Crippen LogP contribution in [-0.2, 0) is 0 Å². The number of nitrogens with zero attached hydrogens (tertiary/aromatic N) is 2. The van der Waals surface area contributed by atoms with Gasteiger partial charge in [-0.1, -0.05) is 11.6 Å². The van der Waals surface area contributed by atoms with Gasteiger partial charge in [0.05, 0.1) is 4.92 Å². The molecule has 1 aromatic heterocycles. The van der Waals surface area contributed by atoms with Gasteiger partial charge in [0.15, 0.2) is 0 Å². The van der Waals surface area contributed by atoms with Crippen molar-refractivity contribution in [3.63, 3.8) is 0 Å². The number of aromatic nitrogens is 1. The van der Waals surface area contributed by atoms with Gasteiger partial charge in [-0.2, -0.15) is 0 Å². The molecule has 0 spiro atoms. The van der Waals surface area contributed by atoms with Crippen molar-refractivity contribution in [1.29, 1.82) is 0 Å². The van der Waals surface area contributed by atoms with Crippen molar-refractivity contribution in [2.45, 2.75) is 6.92 Å². The molecule has 0 unspecified atom stereocenters. The lowest BCUT2D eigenvalue weighted by molar-refractivity contribution is -0.385. The van der Waals surface area contributed by atoms with Crippen LogP contribution in [0.25, 0.3) is 0 Å². The molecule has 7 heteroatoms. The van der Waals surface area contributed by atoms with Gasteiger partial charge in [0.25, 0.3) is 11.6 Å². The second-order valence-electron chi connectivity index (χ2n) is 4.06. The van der Waals surface area contributed by atoms with Gasteiger partial charge >= 0.3 is 0 Å². The number of nitro benzene ring substituents is 1. The number of amides is 1. The van der Waals surface area contributed by atoms with Gasteiger partial charge in [0.1, 0.15) is 5.56 Å². The Morgan fingerprint density at radius 1 is 1.35 bits per heavy atom. The monoisotopic (exact) mass is 291 g/mol. The number of rotatable bonds is 3. The van der Waals surface area contributed by atoms with E-state index in [-0.39, 0.29) is 16.3 Å². The van der Waals surface area contributed by atoms with Crippen molar-refractivity contribution >= 4 is 28.9 Å². The third kappa shape index (κ3) is 3.10. The van der Waals surface area contributed by atoms with E-state index in [1.807, 2.05) is 0 Å². The summed E-state index contributed by atoms with van der Waals surface area (Å²) in [4.78, 5) is 26.4. The zero-order valence-electron chi connectivity index (χ0n) is 10.5. The molecule has 2 rings (SSSR count). The Bertz CT molecular complexity index is 688. The van der Waals surface area contributed by atoms with Crippen LogP contribution < -0.4 is 5.32 Å². The van der Waals surface area contributed by atoms with Gasteiger partial charge < -0.3 is 5.32 Å². The molecule has 2 aromatic rings. The standard InChI is InChI=1S/C13H10ClN3O3/c1-8-6-10(4-5-15-8)16-13(18)11-7-9(14)2-3-12(11)17(19)20/h2-7H,1H3,(H,15,16,18). The molecule has 0 radical (unpaired) electrons. The molecular formula is C13H10ClN3O3. The first-order valence-electron chi connectivity index (χ1n) is 5.65. The van der Waals surface area contributed by atoms with Crippen molar-refractivity contribution in [1.82, 2.24) is 4.98 Å². The molecule has 1 heterocycles. The van der Waals surface area contributed by atoms with Crippen LogP contribution in [0.2, 0.25) is 5.02 Å². The second-order valence-corrected chi connectivity index (χ2v) is 4.50. The first-order chi connectivity index (χ1) is 9.47. The van der Waals surface area contributed by atoms with Crippen LogP contribution in [0.15, 0.2) is 36.5 Å². The third-order valence-corrected chi connectivity index (χ3v) is 2.79. The predicted octanol–water partition coefficient (Wildman–Crippen LogP) is 3.20. The Hall–Kier alpha value is -2.47. The lowest BCUT2D eigenvalue weighted by Gasteiger charge is -2.06. The van der Waals surface area contributed by atoms with E-state index in [1.165, 1.54) is 24.4 Å². The molecule has 1 amide bonds. The summed E-state index contributed by atoms with van der Waals surface area (Å²) >= 11 is 5.78. The quantitative estimate of drug-likeness (QED) is 0.695. The predicted molar refractivity (Wildman–Crippen MR) is 75.0 cm³/mol. The Balaban J connectivity index is 2.34. The zero-order valence-corrected chi connectivity index (χ0v) is 11.2. The Kier molecular flexibility index (Phi) is 3.95. The van der Waals surface area contributed by atoms with Crippen LogP contribution in [0.4, 0.5) is 11.4 Å². The minimum atomic E-state index is -0.622. The summed E-state index contributed by atoms with van der Waals surface area (Å²) in [7, 11) is 0. The molecule has 20 heavy (non-hydrogen) atoms. The van der Waals surface area contributed by atoms with Gasteiger partial charge in [-0.15, -0.1) is 0 Å². The minimum absolute atomic E-state index is 0.0861. The van der Waals surface area contributed by atoms with E-state index >= 15 is 0 Å². The number of hydrogen-bond acceptors (Lipinski definition) is 4. The molecule has 0 saturated heterocycles. The third-order valence-electron chi connectivity index (χ3n) is 2.55. The highest BCUT2D eigenvalue weighted by Gasteiger charge is 2.20. The molecule has 1 N–H and O–H groups in total. The van der Waals surface area contributed by atoms with Gasteiger partial charge in [0, 0.05) is 28.7 Å². The highest BCUT2D eigenvalue weighted by molar-refractivity contribution is 6.31. The summed E-state index contributed by atoms with van der Waals surface area (Å²) in [5, 5.41) is 13.8. The first kappa shape index (κ1) is 14.0. The van der Waals surface area contributed by atoms with Crippen LogP contribution in [0.5, 0.6) is 0 Å². The number of aryl methyl sites for hydroxylation is 1. The van der Waals surface area contributed by atoms with Crippen molar-refractivity contribution < 1.29 is 9.72 Å². The van der Waals surface area contributed by atoms with Crippen molar-refractivity contribution in [3.05, 3.63) is 62.9 Å². The molecule has 0 aliphatic rings. The van der Waals surface area contributed by atoms with Gasteiger partial charge in [0.2, 0.25) is 0 Å². The molecule has 0 saturated carbocycles. The van der Waals surface area contributed by atoms with E-state index in [0.29, 0.717) is 5.69 Å². The van der Waals surface area contributed by atoms with E-state index in [1.54, 1.807) is 19.1 Å². The Labute approximate surface area is 119 Å². The van der Waals surface area contributed by atoms with Crippen LogP contribution in [0.1, 0.15) is 16.1 Å². The van der Waals surface area contributed by atoms with Crippen LogP contribution in [-0.4, -0.2) is 15.8 Å². The largest absolute Gasteiger partial charge is 0.322 e. The lowest BCUT2D eigenvalue weighted by Crippen LogP contribution is -2.14. The summed E-state index contributed by atoms with van der Waals surface area (Å²) in [6.07, 6.45) is 1.54. The maximum atomic E-state index is 12.1. The van der Waals surface area contributed by atoms with Crippen molar-refractivity contribution in [3.8, 4) is 0 Å². The summed E-state index contributed by atoms with van der Waals surface area (Å²) in [5.74, 6) is -0.593. The molecule has 0 aliphatic carbocycles. The number of halogens is 1. The number of nitro groups is 1. The van der Waals surface area contributed by atoms with E-state index in [4.69, 9.17) is 11.6 Å². The molecule has 0 aliphatic heterocycles. The number of pyridine rings is 1. The molecule has 0 fully saturated rings. The second kappa shape index (κ2) is 5.66. The first-order valence-corrected chi connectivity index (χ1v) is 6.03. The van der Waals surface area contributed by atoms with Crippen molar-refractivity contribution in [2.24, 2.45) is 0 Å². The average molecular weight is 292 g/mol. The highest BCUT2D eigenvalue weighted by atomic mass is 35.5. The highest BCUT2D eigenvalue weighted by Crippen LogP contribution is 2.23. The van der Waals surface area contributed by atoms with E-state index in [2.05, 4.69) is 10.3 Å². The lowest BCUT2D eigenvalue weighted by atomic mass is 10.1. The fourth-order valence-corrected chi connectivity index (χ4v) is 1.84. The molecule has 102 valence electrons. The smallest absolute Gasteiger partial charge is 0.282 e. The molecule has 0 atom stereocenters. The van der Waals surface area contributed by atoms with Gasteiger partial charge in [-0.25, -0.2) is 0 Å². The summed E-state index contributed by atoms with van der Waals surface area (Å²) < 4.78 is 0. The van der Waals surface area contributed by atoms with E-state index < -0.39 is 10.8 Å². The number of anilines is 1. The Morgan fingerprint density at radius 2 is 2.10 bits per heavy atom. The number of carbonyl (C=O) groups excluding carboxylic acids is 1. The number of hydrogen-bond donors (Lipinski definition) is 1. The van der Waals surface area contributed by atoms with E-state index in [9.17, 15) is 14.9 Å². The molecular weight excluding hydrogens is 282 g/mol. The Morgan fingerprint density at radius 3 is 2.75 bits per heavy atom. The van der Waals surface area contributed by atoms with Gasteiger partial charge in [-0.05, 0) is 31.2 Å². The summed E-state index contributed by atoms with van der Waals surface area (Å²) in [6.45, 7) is 1.78. The molecule has 6 nitrogen and oxygen atoms in total. The van der Waals surface area contributed by atoms with Gasteiger partial charge in [-0.3, -0.25) is 19.9 Å². The van der Waals surface area contributed by atoms with Crippen molar-refractivity contribution in [2.75, 3.05) is 5.32 Å². The topological polar surface area (TPSA) is 85.1 Å². The number of nitrogens with one attached hydrogen (secondary N) is 1. The molecule has 0 bridgehead atoms. The number of benzene rings is 1.